The molecule has 0 amide bonds. The van der Waals surface area contributed by atoms with Crippen molar-refractivity contribution < 1.29 is 22.7 Å². The number of benzene rings is 1. The van der Waals surface area contributed by atoms with Crippen LogP contribution in [0, 0.1) is 12.7 Å². The molecule has 8 nitrogen and oxygen atoms in total. The van der Waals surface area contributed by atoms with Crippen molar-refractivity contribution >= 4 is 33.3 Å². The number of likely N-dealkylation sites (tertiary alicyclic amines) is 1. The van der Waals surface area contributed by atoms with Gasteiger partial charge in [0.15, 0.2) is 5.03 Å². The molecule has 0 unspecified atom stereocenters. The Bertz CT molecular complexity index is 1180. The maximum atomic E-state index is 14.5. The summed E-state index contributed by atoms with van der Waals surface area (Å²) < 4.78 is 39.7. The molecule has 0 saturated carbocycles. The molecule has 4 rings (SSSR count). The predicted octanol–water partition coefficient (Wildman–Crippen LogP) is 3.48. The molecular formula is C22H25FN4O4S2. The van der Waals surface area contributed by atoms with Crippen LogP contribution in [-0.2, 0) is 33.5 Å². The van der Waals surface area contributed by atoms with Crippen molar-refractivity contribution in [3.05, 3.63) is 69.6 Å². The third-order valence-corrected chi connectivity index (χ3v) is 7.41. The Morgan fingerprint density at radius 3 is 2.67 bits per heavy atom. The van der Waals surface area contributed by atoms with Gasteiger partial charge in [0.25, 0.3) is 6.47 Å². The van der Waals surface area contributed by atoms with Crippen molar-refractivity contribution in [2.75, 3.05) is 18.4 Å². The molecule has 2 N–H and O–H groups in total. The molecule has 1 aliphatic heterocycles. The number of rotatable bonds is 8. The number of nitrogens with zero attached hydrogens (tertiary/aromatic N) is 3. The van der Waals surface area contributed by atoms with Gasteiger partial charge in [-0.15, -0.1) is 11.3 Å². The molecule has 1 saturated heterocycles. The van der Waals surface area contributed by atoms with Crippen LogP contribution in [-0.4, -0.2) is 48.0 Å². The van der Waals surface area contributed by atoms with Gasteiger partial charge in [0.05, 0.1) is 28.8 Å². The molecule has 2 aromatic heterocycles. The van der Waals surface area contributed by atoms with E-state index in [1.54, 1.807) is 23.0 Å². The van der Waals surface area contributed by atoms with Crippen molar-refractivity contribution in [2.24, 2.45) is 0 Å². The first kappa shape index (κ1) is 24.7. The number of nitrogens with one attached hydrogen (secondary N) is 1. The highest BCUT2D eigenvalue weighted by atomic mass is 32.2. The second-order valence-electron chi connectivity index (χ2n) is 7.54. The van der Waals surface area contributed by atoms with Crippen molar-refractivity contribution in [3.8, 4) is 0 Å². The Hall–Kier alpha value is -2.89. The van der Waals surface area contributed by atoms with Crippen LogP contribution in [0.3, 0.4) is 0 Å². The second kappa shape index (κ2) is 11.3. The van der Waals surface area contributed by atoms with Crippen molar-refractivity contribution in [2.45, 2.75) is 37.2 Å². The Morgan fingerprint density at radius 1 is 1.30 bits per heavy atom. The Kier molecular flexibility index (Phi) is 8.48. The predicted molar refractivity (Wildman–Crippen MR) is 124 cm³/mol. The molecule has 0 bridgehead atoms. The molecule has 3 aromatic rings. The highest BCUT2D eigenvalue weighted by Crippen LogP contribution is 2.23. The van der Waals surface area contributed by atoms with Gasteiger partial charge in [0.1, 0.15) is 5.82 Å². The normalized spacial score (nSPS) is 13.5. The summed E-state index contributed by atoms with van der Waals surface area (Å²) in [6.45, 7) is 4.70. The minimum atomic E-state index is -3.57. The maximum absolute atomic E-state index is 14.5. The monoisotopic (exact) mass is 492 g/mol. The molecule has 1 aromatic carbocycles. The van der Waals surface area contributed by atoms with Crippen molar-refractivity contribution in [1.29, 1.82) is 0 Å². The SMILES string of the molecule is Cc1cc(S(=O)(=O)Cc2cscn2)ncc1NCc1c(F)cccc1CN1CCC1.O=CO. The zero-order valence-corrected chi connectivity index (χ0v) is 19.7. The third-order valence-electron chi connectivity index (χ3n) is 5.24. The number of aryl methyl sites for hydroxylation is 1. The van der Waals surface area contributed by atoms with E-state index in [4.69, 9.17) is 9.90 Å². The summed E-state index contributed by atoms with van der Waals surface area (Å²) in [4.78, 5) is 18.8. The fraction of sp³-hybridized carbons (Fsp3) is 0.318. The number of carboxylic acid groups (broad SMARTS) is 1. The van der Waals surface area contributed by atoms with Gasteiger partial charge < -0.3 is 10.4 Å². The zero-order chi connectivity index (χ0) is 23.8. The summed E-state index contributed by atoms with van der Waals surface area (Å²) in [7, 11) is -3.57. The largest absolute Gasteiger partial charge is 0.483 e. The molecular weight excluding hydrogens is 467 g/mol. The van der Waals surface area contributed by atoms with Gasteiger partial charge in [-0.3, -0.25) is 9.69 Å². The lowest BCUT2D eigenvalue weighted by molar-refractivity contribution is -0.122. The second-order valence-corrected chi connectivity index (χ2v) is 10.2. The topological polar surface area (TPSA) is 112 Å². The van der Waals surface area contributed by atoms with E-state index in [0.717, 1.165) is 30.8 Å². The molecule has 0 spiro atoms. The fourth-order valence-electron chi connectivity index (χ4n) is 3.38. The molecule has 11 heteroatoms. The molecule has 176 valence electrons. The number of sulfone groups is 1. The molecule has 3 heterocycles. The Labute approximate surface area is 196 Å². The molecule has 0 radical (unpaired) electrons. The summed E-state index contributed by atoms with van der Waals surface area (Å²) in [6.07, 6.45) is 2.69. The van der Waals surface area contributed by atoms with E-state index >= 15 is 0 Å². The quantitative estimate of drug-likeness (QED) is 0.460. The van der Waals surface area contributed by atoms with Crippen LogP contribution in [0.5, 0.6) is 0 Å². The van der Waals surface area contributed by atoms with Crippen LogP contribution >= 0.6 is 11.3 Å². The van der Waals surface area contributed by atoms with Crippen LogP contribution in [0.1, 0.15) is 28.8 Å². The van der Waals surface area contributed by atoms with E-state index in [-0.39, 0.29) is 23.1 Å². The van der Waals surface area contributed by atoms with Gasteiger partial charge in [-0.25, -0.2) is 22.8 Å². The Balaban J connectivity index is 0.000000968. The number of aromatic nitrogens is 2. The lowest BCUT2D eigenvalue weighted by Crippen LogP contribution is -2.36. The van der Waals surface area contributed by atoms with Crippen LogP contribution < -0.4 is 5.32 Å². The van der Waals surface area contributed by atoms with Crippen LogP contribution in [0.2, 0.25) is 0 Å². The van der Waals surface area contributed by atoms with E-state index in [2.05, 4.69) is 20.2 Å². The lowest BCUT2D eigenvalue weighted by Gasteiger charge is -2.31. The average Bonchev–Trinajstić information content (AvgIpc) is 3.24. The first-order chi connectivity index (χ1) is 15.8. The summed E-state index contributed by atoms with van der Waals surface area (Å²) in [6, 6.07) is 6.71. The molecule has 0 aliphatic carbocycles. The van der Waals surface area contributed by atoms with Gasteiger partial charge in [0.2, 0.25) is 9.84 Å². The third kappa shape index (κ3) is 6.56. The van der Waals surface area contributed by atoms with E-state index in [1.165, 1.54) is 30.0 Å². The highest BCUT2D eigenvalue weighted by molar-refractivity contribution is 7.90. The minimum absolute atomic E-state index is 0.0166. The van der Waals surface area contributed by atoms with Crippen molar-refractivity contribution in [1.82, 2.24) is 14.9 Å². The van der Waals surface area contributed by atoms with Gasteiger partial charge in [-0.05, 0) is 49.7 Å². The smallest absolute Gasteiger partial charge is 0.290 e. The van der Waals surface area contributed by atoms with Gasteiger partial charge in [0, 0.05) is 24.0 Å². The van der Waals surface area contributed by atoms with E-state index in [1.807, 2.05) is 13.0 Å². The first-order valence-electron chi connectivity index (χ1n) is 10.2. The summed E-state index contributed by atoms with van der Waals surface area (Å²) in [5, 5.41) is 11.8. The number of thiazole rings is 1. The Morgan fingerprint density at radius 2 is 2.06 bits per heavy atom. The fourth-order valence-corrected chi connectivity index (χ4v) is 5.31. The highest BCUT2D eigenvalue weighted by Gasteiger charge is 2.20. The number of carbonyl (C=O) groups is 1. The summed E-state index contributed by atoms with van der Waals surface area (Å²) in [5.41, 5.74) is 5.13. The van der Waals surface area contributed by atoms with E-state index < -0.39 is 9.84 Å². The van der Waals surface area contributed by atoms with Gasteiger partial charge in [-0.2, -0.15) is 0 Å². The number of anilines is 1. The zero-order valence-electron chi connectivity index (χ0n) is 18.1. The summed E-state index contributed by atoms with van der Waals surface area (Å²) in [5.74, 6) is -0.418. The number of pyridine rings is 1. The first-order valence-corrected chi connectivity index (χ1v) is 12.8. The van der Waals surface area contributed by atoms with Crippen LogP contribution in [0.25, 0.3) is 0 Å². The van der Waals surface area contributed by atoms with Crippen LogP contribution in [0.15, 0.2) is 46.4 Å². The standard InChI is InChI=1S/C21H23FN4O2S2.CH2O2/c1-15-8-21(30(27,28)13-17-12-29-14-25-17)24-10-20(15)23-9-18-16(4-2-5-19(18)22)11-26-6-3-7-26;2-1-3/h2,4-5,8,10,12,14,23H,3,6-7,9,11,13H2,1H3;1H,(H,2,3). The van der Waals surface area contributed by atoms with Crippen LogP contribution in [0.4, 0.5) is 10.1 Å². The average molecular weight is 493 g/mol. The summed E-state index contributed by atoms with van der Waals surface area (Å²) >= 11 is 1.36. The molecule has 33 heavy (non-hydrogen) atoms. The molecule has 1 aliphatic rings. The minimum Gasteiger partial charge on any atom is -0.483 e. The maximum Gasteiger partial charge on any atom is 0.290 e. The van der Waals surface area contributed by atoms with E-state index in [0.29, 0.717) is 23.5 Å². The molecule has 1 fully saturated rings. The van der Waals surface area contributed by atoms with Gasteiger partial charge >= 0.3 is 0 Å². The van der Waals surface area contributed by atoms with Crippen molar-refractivity contribution in [3.63, 3.8) is 0 Å². The number of hydrogen-bond donors (Lipinski definition) is 2. The lowest BCUT2D eigenvalue weighted by atomic mass is 10.0. The number of hydrogen-bond acceptors (Lipinski definition) is 8. The molecule has 0 atom stereocenters. The van der Waals surface area contributed by atoms with E-state index in [9.17, 15) is 12.8 Å². The number of halogens is 1. The van der Waals surface area contributed by atoms with Gasteiger partial charge in [-0.1, -0.05) is 12.1 Å².